The molecule has 0 aromatic carbocycles. The standard InChI is InChI=1S/C21H32N6O5S/c1-9(2)13(22)20(30)31-8-12-14(28)15(29)19(32-12)27-10(3)33-16-17(24-11-6-4-5-7-11)25-21(23)26-18(16)27/h9,11-15,19,28-29H,3-8,22H2,1-2H3,(H3,23,24,25,26)/t12-,13+,14-,15-,19-/m1/s1. The molecule has 0 amide bonds. The fraction of sp³-hybridized carbons (Fsp3) is 0.667. The number of hydrogen-bond donors (Lipinski definition) is 5. The Morgan fingerprint density at radius 2 is 2.03 bits per heavy atom. The first-order valence-electron chi connectivity index (χ1n) is 11.2. The van der Waals surface area contributed by atoms with Crippen LogP contribution in [0.2, 0.25) is 0 Å². The first-order chi connectivity index (χ1) is 15.7. The predicted octanol–water partition coefficient (Wildman–Crippen LogP) is 0.770. The van der Waals surface area contributed by atoms with Crippen LogP contribution in [-0.2, 0) is 14.3 Å². The molecule has 0 bridgehead atoms. The second-order valence-corrected chi connectivity index (χ2v) is 10.1. The Kier molecular flexibility index (Phi) is 7.01. The van der Waals surface area contributed by atoms with Gasteiger partial charge < -0.3 is 36.5 Å². The molecule has 2 aliphatic heterocycles. The van der Waals surface area contributed by atoms with Crippen molar-refractivity contribution in [2.45, 2.75) is 81.0 Å². The van der Waals surface area contributed by atoms with Crippen LogP contribution < -0.4 is 21.7 Å². The predicted molar refractivity (Wildman–Crippen MR) is 124 cm³/mol. The first-order valence-corrected chi connectivity index (χ1v) is 12.0. The quantitative estimate of drug-likeness (QED) is 0.348. The third-order valence-electron chi connectivity index (χ3n) is 6.25. The average molecular weight is 481 g/mol. The molecular formula is C21H32N6O5S. The Hall–Kier alpha value is -2.12. The van der Waals surface area contributed by atoms with E-state index in [0.717, 1.165) is 17.7 Å². The number of thioether (sulfide) groups is 1. The lowest BCUT2D eigenvalue weighted by atomic mass is 10.1. The number of aromatic nitrogens is 2. The molecule has 0 spiro atoms. The van der Waals surface area contributed by atoms with Gasteiger partial charge in [0.1, 0.15) is 36.8 Å². The van der Waals surface area contributed by atoms with Crippen LogP contribution in [0.1, 0.15) is 39.5 Å². The van der Waals surface area contributed by atoms with Crippen LogP contribution in [0.3, 0.4) is 0 Å². The maximum Gasteiger partial charge on any atom is 0.323 e. The minimum absolute atomic E-state index is 0.0794. The van der Waals surface area contributed by atoms with Crippen LogP contribution in [0.25, 0.3) is 0 Å². The van der Waals surface area contributed by atoms with Crippen LogP contribution in [0.5, 0.6) is 0 Å². The van der Waals surface area contributed by atoms with Crippen molar-refractivity contribution in [1.29, 1.82) is 0 Å². The summed E-state index contributed by atoms with van der Waals surface area (Å²) in [5, 5.41) is 25.3. The van der Waals surface area contributed by atoms with Gasteiger partial charge in [-0.05, 0) is 18.8 Å². The number of carbonyl (C=O) groups is 1. The molecule has 7 N–H and O–H groups in total. The van der Waals surface area contributed by atoms with Crippen molar-refractivity contribution in [3.8, 4) is 0 Å². The number of nitrogens with zero attached hydrogens (tertiary/aromatic N) is 3. The average Bonchev–Trinajstić information content (AvgIpc) is 3.46. The van der Waals surface area contributed by atoms with Gasteiger partial charge in [0.05, 0.1) is 9.92 Å². The normalized spacial score (nSPS) is 28.4. The molecule has 1 saturated carbocycles. The zero-order valence-electron chi connectivity index (χ0n) is 18.8. The summed E-state index contributed by atoms with van der Waals surface area (Å²) in [5.41, 5.74) is 11.8. The van der Waals surface area contributed by atoms with Crippen molar-refractivity contribution in [2.24, 2.45) is 11.7 Å². The van der Waals surface area contributed by atoms with Gasteiger partial charge in [0.15, 0.2) is 12.0 Å². The fourth-order valence-electron chi connectivity index (χ4n) is 4.23. The number of anilines is 3. The number of carbonyl (C=O) groups excluding carboxylic acids is 1. The van der Waals surface area contributed by atoms with Gasteiger partial charge >= 0.3 is 5.97 Å². The van der Waals surface area contributed by atoms with Gasteiger partial charge in [-0.3, -0.25) is 9.69 Å². The molecular weight excluding hydrogens is 448 g/mol. The first kappa shape index (κ1) is 24.0. The van der Waals surface area contributed by atoms with Gasteiger partial charge in [0.25, 0.3) is 0 Å². The van der Waals surface area contributed by atoms with Crippen LogP contribution >= 0.6 is 11.8 Å². The van der Waals surface area contributed by atoms with Gasteiger partial charge in [0, 0.05) is 6.04 Å². The third-order valence-corrected chi connectivity index (χ3v) is 7.26. The number of fused-ring (bicyclic) bond motifs is 1. The van der Waals surface area contributed by atoms with E-state index in [1.165, 1.54) is 24.6 Å². The molecule has 0 unspecified atom stereocenters. The van der Waals surface area contributed by atoms with Crippen molar-refractivity contribution < 1.29 is 24.5 Å². The molecule has 4 rings (SSSR count). The molecule has 33 heavy (non-hydrogen) atoms. The highest BCUT2D eigenvalue weighted by molar-refractivity contribution is 8.03. The number of aliphatic hydroxyl groups excluding tert-OH is 2. The van der Waals surface area contributed by atoms with Crippen LogP contribution in [0.4, 0.5) is 17.6 Å². The Morgan fingerprint density at radius 1 is 1.33 bits per heavy atom. The molecule has 12 heteroatoms. The number of nitrogen functional groups attached to an aromatic ring is 1. The SMILES string of the molecule is C=C1Sc2c(NC3CCCC3)nc(N)nc2N1[C@@H]1O[C@H](COC(=O)[C@@H](N)C(C)C)[C@@H](O)[C@H]1O. The molecule has 1 aliphatic carbocycles. The highest BCUT2D eigenvalue weighted by Crippen LogP contribution is 2.50. The van der Waals surface area contributed by atoms with Gasteiger partial charge in [-0.2, -0.15) is 9.97 Å². The largest absolute Gasteiger partial charge is 0.462 e. The summed E-state index contributed by atoms with van der Waals surface area (Å²) in [7, 11) is 0. The zero-order chi connectivity index (χ0) is 23.9. The second kappa shape index (κ2) is 9.63. The van der Waals surface area contributed by atoms with Gasteiger partial charge in [-0.15, -0.1) is 0 Å². The van der Waals surface area contributed by atoms with Gasteiger partial charge in [0.2, 0.25) is 5.95 Å². The molecule has 3 heterocycles. The number of esters is 1. The summed E-state index contributed by atoms with van der Waals surface area (Å²) in [6, 6.07) is -0.464. The highest BCUT2D eigenvalue weighted by atomic mass is 32.2. The molecule has 5 atom stereocenters. The Bertz CT molecular complexity index is 911. The minimum atomic E-state index is -1.29. The summed E-state index contributed by atoms with van der Waals surface area (Å²) in [4.78, 5) is 23.2. The molecule has 2 fully saturated rings. The lowest BCUT2D eigenvalue weighted by Crippen LogP contribution is -2.42. The monoisotopic (exact) mass is 480 g/mol. The van der Waals surface area contributed by atoms with Crippen LogP contribution in [0, 0.1) is 5.92 Å². The number of rotatable bonds is 7. The molecule has 3 aliphatic rings. The molecule has 0 radical (unpaired) electrons. The van der Waals surface area contributed by atoms with E-state index in [0.29, 0.717) is 22.7 Å². The van der Waals surface area contributed by atoms with Crippen molar-refractivity contribution in [1.82, 2.24) is 9.97 Å². The van der Waals surface area contributed by atoms with E-state index in [9.17, 15) is 15.0 Å². The lowest BCUT2D eigenvalue weighted by Gasteiger charge is -2.28. The summed E-state index contributed by atoms with van der Waals surface area (Å²) in [5.74, 6) is 0.473. The Morgan fingerprint density at radius 3 is 2.70 bits per heavy atom. The van der Waals surface area contributed by atoms with Crippen molar-refractivity contribution in [3.63, 3.8) is 0 Å². The van der Waals surface area contributed by atoms with E-state index in [1.807, 2.05) is 13.8 Å². The molecule has 182 valence electrons. The summed E-state index contributed by atoms with van der Waals surface area (Å²) >= 11 is 1.35. The smallest absolute Gasteiger partial charge is 0.323 e. The Balaban J connectivity index is 1.51. The number of aliphatic hydroxyl groups is 2. The van der Waals surface area contributed by atoms with Gasteiger partial charge in [-0.1, -0.05) is 45.0 Å². The highest BCUT2D eigenvalue weighted by Gasteiger charge is 2.49. The molecule has 1 aromatic rings. The van der Waals surface area contributed by atoms with Crippen LogP contribution in [-0.4, -0.2) is 69.4 Å². The summed E-state index contributed by atoms with van der Waals surface area (Å²) < 4.78 is 11.1. The minimum Gasteiger partial charge on any atom is -0.462 e. The van der Waals surface area contributed by atoms with Crippen LogP contribution in [0.15, 0.2) is 16.5 Å². The van der Waals surface area contributed by atoms with E-state index in [2.05, 4.69) is 21.9 Å². The number of ether oxygens (including phenoxy) is 2. The van der Waals surface area contributed by atoms with Crippen molar-refractivity contribution >= 4 is 35.3 Å². The van der Waals surface area contributed by atoms with Crippen molar-refractivity contribution in [2.75, 3.05) is 22.6 Å². The number of nitrogens with two attached hydrogens (primary N) is 2. The fourth-order valence-corrected chi connectivity index (χ4v) is 5.20. The molecule has 11 nitrogen and oxygen atoms in total. The maximum atomic E-state index is 12.1. The summed E-state index contributed by atoms with van der Waals surface area (Å²) in [6.45, 7) is 7.45. The van der Waals surface area contributed by atoms with E-state index in [-0.39, 0.29) is 18.5 Å². The number of hydrogen-bond acceptors (Lipinski definition) is 12. The topological polar surface area (TPSA) is 169 Å². The number of nitrogens with one attached hydrogen (secondary N) is 1. The summed E-state index contributed by atoms with van der Waals surface area (Å²) in [6.07, 6.45) is -0.0473. The van der Waals surface area contributed by atoms with E-state index < -0.39 is 36.6 Å². The van der Waals surface area contributed by atoms with E-state index >= 15 is 0 Å². The molecule has 1 aromatic heterocycles. The van der Waals surface area contributed by atoms with Gasteiger partial charge in [-0.25, -0.2) is 0 Å². The zero-order valence-corrected chi connectivity index (χ0v) is 19.6. The maximum absolute atomic E-state index is 12.1. The van der Waals surface area contributed by atoms with E-state index in [1.54, 1.807) is 4.90 Å². The lowest BCUT2D eigenvalue weighted by molar-refractivity contribution is -0.151. The Labute approximate surface area is 196 Å². The van der Waals surface area contributed by atoms with Crippen molar-refractivity contribution in [3.05, 3.63) is 11.6 Å². The third kappa shape index (κ3) is 4.76. The molecule has 1 saturated heterocycles. The van der Waals surface area contributed by atoms with E-state index in [4.69, 9.17) is 20.9 Å². The second-order valence-electron chi connectivity index (χ2n) is 9.02.